The van der Waals surface area contributed by atoms with E-state index in [4.69, 9.17) is 10.3 Å². The number of likely N-dealkylation sites (tertiary alicyclic amines) is 1. The number of benzene rings is 1. The van der Waals surface area contributed by atoms with Gasteiger partial charge in [0, 0.05) is 30.6 Å². The molecule has 1 aliphatic heterocycles. The number of carbonyl (C=O) groups excluding carboxylic acids is 2. The second kappa shape index (κ2) is 7.09. The van der Waals surface area contributed by atoms with Gasteiger partial charge < -0.3 is 15.2 Å². The molecule has 2 amide bonds. The van der Waals surface area contributed by atoms with E-state index >= 15 is 0 Å². The van der Waals surface area contributed by atoms with Crippen LogP contribution in [0.25, 0.3) is 11.3 Å². The van der Waals surface area contributed by atoms with Crippen LogP contribution in [0, 0.1) is 5.41 Å². The van der Waals surface area contributed by atoms with E-state index in [9.17, 15) is 9.59 Å². The van der Waals surface area contributed by atoms with Crippen LogP contribution in [0.2, 0.25) is 0 Å². The number of piperidine rings is 1. The van der Waals surface area contributed by atoms with E-state index in [1.165, 1.54) is 0 Å². The number of aryl methyl sites for hydroxylation is 1. The Morgan fingerprint density at radius 1 is 1.32 bits per heavy atom. The smallest absolute Gasteiger partial charge is 0.225 e. The topological polar surface area (TPSA) is 89.4 Å². The van der Waals surface area contributed by atoms with Crippen molar-refractivity contribution in [2.75, 3.05) is 13.1 Å². The molecule has 2 heterocycles. The maximum Gasteiger partial charge on any atom is 0.225 e. The van der Waals surface area contributed by atoms with Gasteiger partial charge in [0.15, 0.2) is 0 Å². The number of hydrogen-bond donors (Lipinski definition) is 1. The van der Waals surface area contributed by atoms with Crippen LogP contribution < -0.4 is 5.73 Å². The van der Waals surface area contributed by atoms with Crippen molar-refractivity contribution in [3.63, 3.8) is 0 Å². The van der Waals surface area contributed by atoms with Gasteiger partial charge in [-0.05, 0) is 26.2 Å². The van der Waals surface area contributed by atoms with Gasteiger partial charge in [0.1, 0.15) is 12.0 Å². The highest BCUT2D eigenvalue weighted by Gasteiger charge is 2.37. The number of carbonyl (C=O) groups is 2. The third kappa shape index (κ3) is 3.73. The highest BCUT2D eigenvalue weighted by molar-refractivity contribution is 5.83. The summed E-state index contributed by atoms with van der Waals surface area (Å²) in [4.78, 5) is 26.0. The molecule has 1 aromatic carbocycles. The van der Waals surface area contributed by atoms with Gasteiger partial charge >= 0.3 is 0 Å². The number of aromatic nitrogens is 1. The zero-order valence-electron chi connectivity index (χ0n) is 14.4. The van der Waals surface area contributed by atoms with E-state index in [2.05, 4.69) is 5.16 Å². The summed E-state index contributed by atoms with van der Waals surface area (Å²) < 4.78 is 5.11. The lowest BCUT2D eigenvalue weighted by molar-refractivity contribution is -0.139. The first-order valence-corrected chi connectivity index (χ1v) is 8.56. The lowest BCUT2D eigenvalue weighted by atomic mass is 9.81. The zero-order chi connectivity index (χ0) is 17.9. The van der Waals surface area contributed by atoms with Gasteiger partial charge in [-0.2, -0.15) is 0 Å². The molecular formula is C19H23N3O3. The fourth-order valence-corrected chi connectivity index (χ4v) is 3.32. The normalized spacial score (nSPS) is 20.4. The summed E-state index contributed by atoms with van der Waals surface area (Å²) >= 11 is 0. The number of primary amides is 1. The molecule has 0 saturated carbocycles. The fourth-order valence-electron chi connectivity index (χ4n) is 3.32. The van der Waals surface area contributed by atoms with Crippen molar-refractivity contribution in [1.82, 2.24) is 10.1 Å². The maximum absolute atomic E-state index is 12.6. The first-order chi connectivity index (χ1) is 12.0. The van der Waals surface area contributed by atoms with Crippen molar-refractivity contribution in [3.05, 3.63) is 42.2 Å². The monoisotopic (exact) mass is 341 g/mol. The van der Waals surface area contributed by atoms with Crippen molar-refractivity contribution in [1.29, 1.82) is 0 Å². The number of amides is 2. The van der Waals surface area contributed by atoms with Gasteiger partial charge in [0.25, 0.3) is 0 Å². The summed E-state index contributed by atoms with van der Waals surface area (Å²) in [6, 6.07) is 9.76. The standard InChI is InChI=1S/C19H23N3O3/c1-19(18(20)24)10-5-11-22(13-19)16(23)9-8-15-12-25-21-17(15)14-6-3-2-4-7-14/h2-4,6-7,12H,5,8-11,13H2,1H3,(H2,20,24). The second-order valence-electron chi connectivity index (χ2n) is 6.90. The van der Waals surface area contributed by atoms with Gasteiger partial charge in [-0.1, -0.05) is 35.5 Å². The lowest BCUT2D eigenvalue weighted by Gasteiger charge is -2.38. The summed E-state index contributed by atoms with van der Waals surface area (Å²) in [5, 5.41) is 4.06. The molecule has 0 radical (unpaired) electrons. The highest BCUT2D eigenvalue weighted by Crippen LogP contribution is 2.30. The van der Waals surface area contributed by atoms with E-state index in [0.29, 0.717) is 25.9 Å². The first-order valence-electron chi connectivity index (χ1n) is 8.56. The number of rotatable bonds is 5. The minimum absolute atomic E-state index is 0.0346. The molecule has 3 rings (SSSR count). The minimum Gasteiger partial charge on any atom is -0.369 e. The van der Waals surface area contributed by atoms with Crippen LogP contribution in [0.15, 0.2) is 41.1 Å². The number of nitrogens with two attached hydrogens (primary N) is 1. The van der Waals surface area contributed by atoms with E-state index in [1.807, 2.05) is 37.3 Å². The molecule has 1 atom stereocenters. The van der Waals surface area contributed by atoms with Gasteiger partial charge in [0.05, 0.1) is 5.41 Å². The van der Waals surface area contributed by atoms with Gasteiger partial charge in [-0.3, -0.25) is 9.59 Å². The Kier molecular flexibility index (Phi) is 4.88. The minimum atomic E-state index is -0.625. The molecule has 1 fully saturated rings. The lowest BCUT2D eigenvalue weighted by Crippen LogP contribution is -2.50. The van der Waals surface area contributed by atoms with Gasteiger partial charge in [-0.15, -0.1) is 0 Å². The summed E-state index contributed by atoms with van der Waals surface area (Å²) in [6.45, 7) is 2.91. The van der Waals surface area contributed by atoms with E-state index < -0.39 is 5.41 Å². The second-order valence-corrected chi connectivity index (χ2v) is 6.90. The molecule has 2 aromatic rings. The maximum atomic E-state index is 12.6. The quantitative estimate of drug-likeness (QED) is 0.904. The number of hydrogen-bond acceptors (Lipinski definition) is 4. The Hall–Kier alpha value is -2.63. The molecule has 25 heavy (non-hydrogen) atoms. The molecule has 0 spiro atoms. The first kappa shape index (κ1) is 17.2. The van der Waals surface area contributed by atoms with Crippen LogP contribution in [0.5, 0.6) is 0 Å². The molecule has 132 valence electrons. The van der Waals surface area contributed by atoms with Gasteiger partial charge in [0.2, 0.25) is 11.8 Å². The molecule has 2 N–H and O–H groups in total. The van der Waals surface area contributed by atoms with Crippen molar-refractivity contribution in [3.8, 4) is 11.3 Å². The molecule has 0 bridgehead atoms. The average molecular weight is 341 g/mol. The molecule has 6 heteroatoms. The third-order valence-corrected chi connectivity index (χ3v) is 4.94. The predicted molar refractivity (Wildman–Crippen MR) is 93.4 cm³/mol. The van der Waals surface area contributed by atoms with Crippen LogP contribution >= 0.6 is 0 Å². The Morgan fingerprint density at radius 2 is 2.08 bits per heavy atom. The van der Waals surface area contributed by atoms with E-state index in [0.717, 1.165) is 29.7 Å². The van der Waals surface area contributed by atoms with E-state index in [1.54, 1.807) is 11.2 Å². The van der Waals surface area contributed by atoms with Crippen molar-refractivity contribution in [2.24, 2.45) is 11.1 Å². The van der Waals surface area contributed by atoms with Gasteiger partial charge in [-0.25, -0.2) is 0 Å². The van der Waals surface area contributed by atoms with Crippen LogP contribution in [-0.4, -0.2) is 35.0 Å². The van der Waals surface area contributed by atoms with Crippen LogP contribution in [0.3, 0.4) is 0 Å². The summed E-state index contributed by atoms with van der Waals surface area (Å²) in [5.41, 5.74) is 7.53. The van der Waals surface area contributed by atoms with Crippen LogP contribution in [0.1, 0.15) is 31.7 Å². The SMILES string of the molecule is CC1(C(N)=O)CCCN(C(=O)CCc2conc2-c2ccccc2)C1. The molecule has 0 aliphatic carbocycles. The average Bonchev–Trinajstić information content (AvgIpc) is 3.09. The summed E-state index contributed by atoms with van der Waals surface area (Å²) in [6.07, 6.45) is 4.04. The molecule has 1 aliphatic rings. The number of nitrogens with zero attached hydrogens (tertiary/aromatic N) is 2. The third-order valence-electron chi connectivity index (χ3n) is 4.94. The van der Waals surface area contributed by atoms with Crippen LogP contribution in [0.4, 0.5) is 0 Å². The molecule has 1 aromatic heterocycles. The molecule has 1 saturated heterocycles. The largest absolute Gasteiger partial charge is 0.369 e. The van der Waals surface area contributed by atoms with Crippen molar-refractivity contribution >= 4 is 11.8 Å². The molecule has 1 unspecified atom stereocenters. The van der Waals surface area contributed by atoms with Crippen LogP contribution in [-0.2, 0) is 16.0 Å². The van der Waals surface area contributed by atoms with E-state index in [-0.39, 0.29) is 11.8 Å². The Labute approximate surface area is 147 Å². The van der Waals surface area contributed by atoms with Crippen molar-refractivity contribution < 1.29 is 14.1 Å². The Morgan fingerprint density at radius 3 is 2.80 bits per heavy atom. The summed E-state index contributed by atoms with van der Waals surface area (Å²) in [7, 11) is 0. The molecular weight excluding hydrogens is 318 g/mol. The Bertz CT molecular complexity index is 756. The summed E-state index contributed by atoms with van der Waals surface area (Å²) in [5.74, 6) is -0.303. The van der Waals surface area contributed by atoms with Crippen molar-refractivity contribution in [2.45, 2.75) is 32.6 Å². The highest BCUT2D eigenvalue weighted by atomic mass is 16.5. The zero-order valence-corrected chi connectivity index (χ0v) is 14.4. The predicted octanol–water partition coefficient (Wildman–Crippen LogP) is 2.39. The Balaban J connectivity index is 1.64. The fraction of sp³-hybridized carbons (Fsp3) is 0.421. The molecule has 6 nitrogen and oxygen atoms in total.